The van der Waals surface area contributed by atoms with Gasteiger partial charge in [0.25, 0.3) is 0 Å². The van der Waals surface area contributed by atoms with Crippen LogP contribution in [0.4, 0.5) is 14.9 Å². The van der Waals surface area contributed by atoms with Crippen molar-refractivity contribution in [2.75, 3.05) is 25.0 Å². The lowest BCUT2D eigenvalue weighted by Gasteiger charge is -2.32. The highest BCUT2D eigenvalue weighted by molar-refractivity contribution is 5.89. The van der Waals surface area contributed by atoms with Crippen molar-refractivity contribution in [1.29, 1.82) is 0 Å². The van der Waals surface area contributed by atoms with E-state index < -0.39 is 0 Å². The number of benzene rings is 1. The smallest absolute Gasteiger partial charge is 0.322 e. The Morgan fingerprint density at radius 3 is 2.95 bits per heavy atom. The molecule has 1 heterocycles. The number of amides is 2. The van der Waals surface area contributed by atoms with Gasteiger partial charge in [-0.3, -0.25) is 0 Å². The van der Waals surface area contributed by atoms with E-state index >= 15 is 0 Å². The molecule has 1 fully saturated rings. The molecule has 2 N–H and O–H groups in total. The lowest BCUT2D eigenvalue weighted by molar-refractivity contribution is 0.176. The first-order valence-corrected chi connectivity index (χ1v) is 7.60. The van der Waals surface area contributed by atoms with E-state index in [1.54, 1.807) is 12.1 Å². The molecule has 1 atom stereocenters. The van der Waals surface area contributed by atoms with Gasteiger partial charge >= 0.3 is 6.03 Å². The van der Waals surface area contributed by atoms with E-state index in [9.17, 15) is 9.18 Å². The number of urea groups is 1. The summed E-state index contributed by atoms with van der Waals surface area (Å²) >= 11 is 0. The van der Waals surface area contributed by atoms with Gasteiger partial charge in [0.15, 0.2) is 0 Å². The molecule has 0 aromatic heterocycles. The Hall–Kier alpha value is -1.62. The molecule has 0 aliphatic carbocycles. The van der Waals surface area contributed by atoms with E-state index in [0.717, 1.165) is 32.5 Å². The Morgan fingerprint density at radius 1 is 1.52 bits per heavy atom. The number of piperidine rings is 1. The molecule has 1 aliphatic rings. The molecule has 1 aliphatic heterocycles. The highest BCUT2D eigenvalue weighted by Crippen LogP contribution is 2.16. The number of nitrogens with zero attached hydrogens (tertiary/aromatic N) is 1. The molecule has 0 radical (unpaired) electrons. The SMILES string of the molecule is CC(C)N(CC1CCCNC1)C(=O)Nc1cccc(F)c1. The zero-order valence-electron chi connectivity index (χ0n) is 12.7. The fraction of sp³-hybridized carbons (Fsp3) is 0.562. The highest BCUT2D eigenvalue weighted by Gasteiger charge is 2.23. The van der Waals surface area contributed by atoms with Gasteiger partial charge < -0.3 is 15.5 Å². The van der Waals surface area contributed by atoms with Crippen LogP contribution in [-0.4, -0.2) is 36.6 Å². The number of halogens is 1. The molecular formula is C16H24FN3O. The van der Waals surface area contributed by atoms with Gasteiger partial charge in [-0.15, -0.1) is 0 Å². The molecule has 1 unspecified atom stereocenters. The Morgan fingerprint density at radius 2 is 2.33 bits per heavy atom. The third-order valence-corrected chi connectivity index (χ3v) is 3.81. The van der Waals surface area contributed by atoms with Crippen LogP contribution in [0.25, 0.3) is 0 Å². The normalized spacial score (nSPS) is 18.6. The van der Waals surface area contributed by atoms with Crippen molar-refractivity contribution >= 4 is 11.7 Å². The molecule has 4 nitrogen and oxygen atoms in total. The van der Waals surface area contributed by atoms with Crippen LogP contribution in [0.2, 0.25) is 0 Å². The van der Waals surface area contributed by atoms with Crippen molar-refractivity contribution in [3.05, 3.63) is 30.1 Å². The Bertz CT molecular complexity index is 472. The van der Waals surface area contributed by atoms with Crippen LogP contribution in [0.3, 0.4) is 0 Å². The average molecular weight is 293 g/mol. The fourth-order valence-corrected chi connectivity index (χ4v) is 2.65. The predicted octanol–water partition coefficient (Wildman–Crippen LogP) is 3.07. The molecule has 2 amide bonds. The monoisotopic (exact) mass is 293 g/mol. The maximum absolute atomic E-state index is 13.2. The number of anilines is 1. The summed E-state index contributed by atoms with van der Waals surface area (Å²) in [5, 5.41) is 6.15. The first-order chi connectivity index (χ1) is 10.1. The van der Waals surface area contributed by atoms with Gasteiger partial charge in [0.1, 0.15) is 5.82 Å². The number of rotatable bonds is 4. The molecule has 0 spiro atoms. The van der Waals surface area contributed by atoms with Gasteiger partial charge in [-0.1, -0.05) is 6.07 Å². The molecule has 2 rings (SSSR count). The summed E-state index contributed by atoms with van der Waals surface area (Å²) in [6.45, 7) is 6.75. The van der Waals surface area contributed by atoms with Crippen LogP contribution < -0.4 is 10.6 Å². The zero-order chi connectivity index (χ0) is 15.2. The van der Waals surface area contributed by atoms with Gasteiger partial charge in [-0.05, 0) is 63.9 Å². The summed E-state index contributed by atoms with van der Waals surface area (Å²) in [5.74, 6) is 0.139. The summed E-state index contributed by atoms with van der Waals surface area (Å²) < 4.78 is 13.2. The third-order valence-electron chi connectivity index (χ3n) is 3.81. The zero-order valence-corrected chi connectivity index (χ0v) is 12.7. The van der Waals surface area contributed by atoms with E-state index in [1.807, 2.05) is 18.7 Å². The summed E-state index contributed by atoms with van der Waals surface area (Å²) in [4.78, 5) is 14.2. The van der Waals surface area contributed by atoms with Crippen molar-refractivity contribution in [3.8, 4) is 0 Å². The summed E-state index contributed by atoms with van der Waals surface area (Å²) in [6, 6.07) is 5.93. The standard InChI is InChI=1S/C16H24FN3O/c1-12(2)20(11-13-5-4-8-18-10-13)16(21)19-15-7-3-6-14(17)9-15/h3,6-7,9,12-13,18H,4-5,8,10-11H2,1-2H3,(H,19,21). The van der Waals surface area contributed by atoms with Crippen LogP contribution in [0.5, 0.6) is 0 Å². The van der Waals surface area contributed by atoms with Gasteiger partial charge in [0, 0.05) is 18.3 Å². The first kappa shape index (κ1) is 15.8. The van der Waals surface area contributed by atoms with E-state index in [2.05, 4.69) is 10.6 Å². The van der Waals surface area contributed by atoms with E-state index in [0.29, 0.717) is 11.6 Å². The van der Waals surface area contributed by atoms with Gasteiger partial charge in [0.2, 0.25) is 0 Å². The summed E-state index contributed by atoms with van der Waals surface area (Å²) in [7, 11) is 0. The van der Waals surface area contributed by atoms with Crippen LogP contribution in [0.15, 0.2) is 24.3 Å². The quantitative estimate of drug-likeness (QED) is 0.896. The van der Waals surface area contributed by atoms with Crippen LogP contribution >= 0.6 is 0 Å². The lowest BCUT2D eigenvalue weighted by Crippen LogP contribution is -2.46. The summed E-state index contributed by atoms with van der Waals surface area (Å²) in [5.41, 5.74) is 0.493. The third kappa shape index (κ3) is 4.70. The average Bonchev–Trinajstić information content (AvgIpc) is 2.45. The molecule has 5 heteroatoms. The van der Waals surface area contributed by atoms with Crippen molar-refractivity contribution in [1.82, 2.24) is 10.2 Å². The van der Waals surface area contributed by atoms with Gasteiger partial charge in [-0.2, -0.15) is 0 Å². The molecule has 1 aromatic carbocycles. The van der Waals surface area contributed by atoms with Gasteiger partial charge in [0.05, 0.1) is 0 Å². The Labute approximate surface area is 125 Å². The molecule has 0 saturated carbocycles. The Kier molecular flexibility index (Phi) is 5.56. The molecule has 21 heavy (non-hydrogen) atoms. The fourth-order valence-electron chi connectivity index (χ4n) is 2.65. The second-order valence-electron chi connectivity index (χ2n) is 5.90. The minimum Gasteiger partial charge on any atom is -0.322 e. The van der Waals surface area contributed by atoms with Crippen molar-refractivity contribution in [3.63, 3.8) is 0 Å². The topological polar surface area (TPSA) is 44.4 Å². The van der Waals surface area contributed by atoms with Crippen LogP contribution in [0, 0.1) is 11.7 Å². The summed E-state index contributed by atoms with van der Waals surface area (Å²) in [6.07, 6.45) is 2.30. The minimum absolute atomic E-state index is 0.112. The maximum atomic E-state index is 13.2. The maximum Gasteiger partial charge on any atom is 0.322 e. The van der Waals surface area contributed by atoms with Crippen molar-refractivity contribution < 1.29 is 9.18 Å². The number of carbonyl (C=O) groups is 1. The molecule has 116 valence electrons. The van der Waals surface area contributed by atoms with Crippen LogP contribution in [-0.2, 0) is 0 Å². The number of carbonyl (C=O) groups excluding carboxylic acids is 1. The number of nitrogens with one attached hydrogen (secondary N) is 2. The molecule has 1 saturated heterocycles. The second-order valence-corrected chi connectivity index (χ2v) is 5.90. The predicted molar refractivity (Wildman–Crippen MR) is 82.9 cm³/mol. The van der Waals surface area contributed by atoms with Crippen molar-refractivity contribution in [2.45, 2.75) is 32.7 Å². The van der Waals surface area contributed by atoms with Crippen molar-refractivity contribution in [2.24, 2.45) is 5.92 Å². The minimum atomic E-state index is -0.347. The van der Waals surface area contributed by atoms with Gasteiger partial charge in [-0.25, -0.2) is 9.18 Å². The molecular weight excluding hydrogens is 269 g/mol. The highest BCUT2D eigenvalue weighted by atomic mass is 19.1. The van der Waals surface area contributed by atoms with Crippen LogP contribution in [0.1, 0.15) is 26.7 Å². The number of hydrogen-bond acceptors (Lipinski definition) is 2. The second kappa shape index (κ2) is 7.41. The lowest BCUT2D eigenvalue weighted by atomic mass is 9.99. The van der Waals surface area contributed by atoms with E-state index in [4.69, 9.17) is 0 Å². The van der Waals surface area contributed by atoms with E-state index in [1.165, 1.54) is 12.1 Å². The Balaban J connectivity index is 1.98. The molecule has 1 aromatic rings. The first-order valence-electron chi connectivity index (χ1n) is 7.60. The van der Waals surface area contributed by atoms with E-state index in [-0.39, 0.29) is 17.9 Å². The molecule has 0 bridgehead atoms. The number of hydrogen-bond donors (Lipinski definition) is 2. The largest absolute Gasteiger partial charge is 0.322 e.